The number of nitrogens with one attached hydrogen (secondary N) is 1. The SMILES string of the molecule is O=C(c1cccc(NC2CC(c3ccccc3Cl)C2)c1)N1CCCC(CO)C1. The molecule has 1 saturated carbocycles. The average molecular weight is 399 g/mol. The van der Waals surface area contributed by atoms with Gasteiger partial charge in [0.15, 0.2) is 0 Å². The van der Waals surface area contributed by atoms with Crippen LogP contribution in [0.25, 0.3) is 0 Å². The van der Waals surface area contributed by atoms with E-state index in [2.05, 4.69) is 11.4 Å². The van der Waals surface area contributed by atoms with Gasteiger partial charge in [0.25, 0.3) is 5.91 Å². The zero-order chi connectivity index (χ0) is 19.5. The van der Waals surface area contributed by atoms with Gasteiger partial charge in [-0.2, -0.15) is 0 Å². The molecule has 1 aliphatic heterocycles. The highest BCUT2D eigenvalue weighted by atomic mass is 35.5. The fourth-order valence-corrected chi connectivity index (χ4v) is 4.64. The van der Waals surface area contributed by atoms with Crippen LogP contribution < -0.4 is 5.32 Å². The van der Waals surface area contributed by atoms with Crippen LogP contribution in [0, 0.1) is 5.92 Å². The van der Waals surface area contributed by atoms with E-state index in [1.165, 1.54) is 5.56 Å². The number of likely N-dealkylation sites (tertiary alicyclic amines) is 1. The van der Waals surface area contributed by atoms with Crippen LogP contribution in [-0.2, 0) is 0 Å². The molecule has 0 aromatic heterocycles. The molecule has 1 unspecified atom stereocenters. The second-order valence-corrected chi connectivity index (χ2v) is 8.46. The van der Waals surface area contributed by atoms with Gasteiger partial charge < -0.3 is 15.3 Å². The number of carbonyl (C=O) groups excluding carboxylic acids is 1. The van der Waals surface area contributed by atoms with Crippen LogP contribution in [0.15, 0.2) is 48.5 Å². The topological polar surface area (TPSA) is 52.6 Å². The van der Waals surface area contributed by atoms with Crippen LogP contribution in [-0.4, -0.2) is 41.7 Å². The summed E-state index contributed by atoms with van der Waals surface area (Å²) in [6, 6.07) is 16.3. The van der Waals surface area contributed by atoms with Crippen molar-refractivity contribution < 1.29 is 9.90 Å². The molecule has 28 heavy (non-hydrogen) atoms. The van der Waals surface area contributed by atoms with Crippen molar-refractivity contribution in [3.8, 4) is 0 Å². The molecule has 1 saturated heterocycles. The molecule has 4 rings (SSSR count). The summed E-state index contributed by atoms with van der Waals surface area (Å²) in [6.45, 7) is 1.57. The maximum Gasteiger partial charge on any atom is 0.253 e. The van der Waals surface area contributed by atoms with Gasteiger partial charge in [-0.25, -0.2) is 0 Å². The Balaban J connectivity index is 1.36. The lowest BCUT2D eigenvalue weighted by Crippen LogP contribution is -2.41. The van der Waals surface area contributed by atoms with Crippen LogP contribution in [0.5, 0.6) is 0 Å². The quantitative estimate of drug-likeness (QED) is 0.777. The van der Waals surface area contributed by atoms with Crippen molar-refractivity contribution in [1.29, 1.82) is 0 Å². The zero-order valence-corrected chi connectivity index (χ0v) is 16.7. The van der Waals surface area contributed by atoms with Gasteiger partial charge in [-0.15, -0.1) is 0 Å². The first-order chi connectivity index (χ1) is 13.6. The molecule has 2 fully saturated rings. The molecule has 1 heterocycles. The monoisotopic (exact) mass is 398 g/mol. The Hall–Kier alpha value is -2.04. The number of hydrogen-bond acceptors (Lipinski definition) is 3. The van der Waals surface area contributed by atoms with Crippen molar-refractivity contribution >= 4 is 23.2 Å². The second-order valence-electron chi connectivity index (χ2n) is 8.05. The van der Waals surface area contributed by atoms with Crippen LogP contribution in [0.3, 0.4) is 0 Å². The number of benzene rings is 2. The number of anilines is 1. The molecular formula is C23H27ClN2O2. The van der Waals surface area contributed by atoms with Gasteiger partial charge >= 0.3 is 0 Å². The number of aliphatic hydroxyl groups excluding tert-OH is 1. The van der Waals surface area contributed by atoms with Crippen molar-refractivity contribution in [1.82, 2.24) is 4.90 Å². The first kappa shape index (κ1) is 19.3. The van der Waals surface area contributed by atoms with Crippen LogP contribution in [0.2, 0.25) is 5.02 Å². The predicted octanol–water partition coefficient (Wildman–Crippen LogP) is 4.54. The van der Waals surface area contributed by atoms with Crippen LogP contribution in [0.4, 0.5) is 5.69 Å². The molecule has 0 radical (unpaired) electrons. The van der Waals surface area contributed by atoms with Crippen LogP contribution >= 0.6 is 11.6 Å². The summed E-state index contributed by atoms with van der Waals surface area (Å²) in [4.78, 5) is 14.7. The molecule has 1 aliphatic carbocycles. The number of piperidine rings is 1. The van der Waals surface area contributed by atoms with Crippen molar-refractivity contribution in [2.75, 3.05) is 25.0 Å². The van der Waals surface area contributed by atoms with Crippen molar-refractivity contribution in [2.45, 2.75) is 37.6 Å². The minimum Gasteiger partial charge on any atom is -0.396 e. The third-order valence-electron chi connectivity index (χ3n) is 6.03. The molecule has 5 heteroatoms. The van der Waals surface area contributed by atoms with Gasteiger partial charge in [-0.3, -0.25) is 4.79 Å². The molecule has 2 N–H and O–H groups in total. The van der Waals surface area contributed by atoms with Crippen molar-refractivity contribution in [2.24, 2.45) is 5.92 Å². The van der Waals surface area contributed by atoms with Gasteiger partial charge in [0.1, 0.15) is 0 Å². The molecule has 2 aliphatic rings. The van der Waals surface area contributed by atoms with Gasteiger partial charge in [0.2, 0.25) is 0 Å². The van der Waals surface area contributed by atoms with Crippen molar-refractivity contribution in [3.05, 3.63) is 64.7 Å². The molecule has 0 bridgehead atoms. The number of nitrogens with zero attached hydrogens (tertiary/aromatic N) is 1. The summed E-state index contributed by atoms with van der Waals surface area (Å²) in [7, 11) is 0. The molecule has 2 aromatic rings. The van der Waals surface area contributed by atoms with E-state index in [9.17, 15) is 9.90 Å². The first-order valence-electron chi connectivity index (χ1n) is 10.1. The summed E-state index contributed by atoms with van der Waals surface area (Å²) < 4.78 is 0. The number of carbonyl (C=O) groups is 1. The molecule has 4 nitrogen and oxygen atoms in total. The van der Waals surface area contributed by atoms with E-state index in [1.54, 1.807) is 0 Å². The van der Waals surface area contributed by atoms with E-state index < -0.39 is 0 Å². The molecule has 2 aromatic carbocycles. The third kappa shape index (κ3) is 4.18. The lowest BCUT2D eigenvalue weighted by atomic mass is 9.76. The maximum atomic E-state index is 12.9. The number of halogens is 1. The average Bonchev–Trinajstić information content (AvgIpc) is 2.71. The Bertz CT molecular complexity index is 835. The molecule has 148 valence electrons. The Kier molecular flexibility index (Phi) is 5.88. The maximum absolute atomic E-state index is 12.9. The zero-order valence-electron chi connectivity index (χ0n) is 16.0. The summed E-state index contributed by atoms with van der Waals surface area (Å²) in [5, 5.41) is 13.8. The molecular weight excluding hydrogens is 372 g/mol. The smallest absolute Gasteiger partial charge is 0.253 e. The van der Waals surface area contributed by atoms with Crippen molar-refractivity contribution in [3.63, 3.8) is 0 Å². The Morgan fingerprint density at radius 2 is 2.00 bits per heavy atom. The minimum absolute atomic E-state index is 0.0596. The summed E-state index contributed by atoms with van der Waals surface area (Å²) in [6.07, 6.45) is 4.05. The highest BCUT2D eigenvalue weighted by Gasteiger charge is 2.31. The first-order valence-corrected chi connectivity index (χ1v) is 10.5. The van der Waals surface area contributed by atoms with E-state index in [0.29, 0.717) is 24.1 Å². The summed E-state index contributed by atoms with van der Waals surface area (Å²) >= 11 is 6.31. The third-order valence-corrected chi connectivity index (χ3v) is 6.37. The normalized spacial score (nSPS) is 24.5. The summed E-state index contributed by atoms with van der Waals surface area (Å²) in [5.74, 6) is 0.764. The lowest BCUT2D eigenvalue weighted by molar-refractivity contribution is 0.0620. The number of aliphatic hydroxyl groups is 1. The van der Waals surface area contributed by atoms with E-state index in [-0.39, 0.29) is 18.4 Å². The predicted molar refractivity (Wildman–Crippen MR) is 113 cm³/mol. The Morgan fingerprint density at radius 3 is 2.79 bits per heavy atom. The van der Waals surface area contributed by atoms with Gasteiger partial charge in [-0.1, -0.05) is 35.9 Å². The number of amides is 1. The molecule has 0 spiro atoms. The molecule has 1 amide bonds. The van der Waals surface area contributed by atoms with E-state index in [0.717, 1.165) is 42.9 Å². The minimum atomic E-state index is 0.0596. The standard InChI is InChI=1S/C23H27ClN2O2/c24-22-9-2-1-8-21(22)18-12-20(13-18)25-19-7-3-6-17(11-19)23(28)26-10-4-5-16(14-26)15-27/h1-3,6-9,11,16,18,20,25,27H,4-5,10,12-15H2. The number of hydrogen-bond donors (Lipinski definition) is 2. The fraction of sp³-hybridized carbons (Fsp3) is 0.435. The fourth-order valence-electron chi connectivity index (χ4n) is 4.35. The van der Waals surface area contributed by atoms with Crippen LogP contribution in [0.1, 0.15) is 47.5 Å². The van der Waals surface area contributed by atoms with E-state index in [1.807, 2.05) is 47.4 Å². The highest BCUT2D eigenvalue weighted by molar-refractivity contribution is 6.31. The Labute approximate surface area is 171 Å². The van der Waals surface area contributed by atoms with E-state index in [4.69, 9.17) is 11.6 Å². The Morgan fingerprint density at radius 1 is 1.18 bits per heavy atom. The lowest BCUT2D eigenvalue weighted by Gasteiger charge is -2.37. The van der Waals surface area contributed by atoms with Gasteiger partial charge in [-0.05, 0) is 67.3 Å². The second kappa shape index (κ2) is 8.54. The van der Waals surface area contributed by atoms with Gasteiger partial charge in [0.05, 0.1) is 0 Å². The van der Waals surface area contributed by atoms with Gasteiger partial charge in [0, 0.05) is 42.0 Å². The van der Waals surface area contributed by atoms with E-state index >= 15 is 0 Å². The largest absolute Gasteiger partial charge is 0.396 e. The molecule has 1 atom stereocenters. The highest BCUT2D eigenvalue weighted by Crippen LogP contribution is 2.41. The number of rotatable bonds is 5. The summed E-state index contributed by atoms with van der Waals surface area (Å²) in [5.41, 5.74) is 2.93.